The fourth-order valence-corrected chi connectivity index (χ4v) is 3.62. The first kappa shape index (κ1) is 18.4. The predicted octanol–water partition coefficient (Wildman–Crippen LogP) is 1.31. The van der Waals surface area contributed by atoms with Crippen molar-refractivity contribution in [2.45, 2.75) is 25.7 Å². The monoisotopic (exact) mass is 354 g/mol. The lowest BCUT2D eigenvalue weighted by atomic mass is 9.97. The van der Waals surface area contributed by atoms with E-state index in [0.29, 0.717) is 38.0 Å². The molecule has 0 atom stereocenters. The highest BCUT2D eigenvalue weighted by Gasteiger charge is 2.28. The largest absolute Gasteiger partial charge is 0.481 e. The van der Waals surface area contributed by atoms with Crippen molar-refractivity contribution in [3.63, 3.8) is 0 Å². The van der Waals surface area contributed by atoms with Crippen LogP contribution in [0.15, 0.2) is 24.3 Å². The van der Waals surface area contributed by atoms with Crippen LogP contribution in [0.4, 0.5) is 5.69 Å². The van der Waals surface area contributed by atoms with Gasteiger partial charge >= 0.3 is 5.97 Å². The molecule has 1 amide bonds. The maximum atomic E-state index is 12.3. The third kappa shape index (κ3) is 5.31. The van der Waals surface area contributed by atoms with E-state index in [2.05, 4.69) is 5.32 Å². The summed E-state index contributed by atoms with van der Waals surface area (Å²) in [7, 11) is -3.20. The molecule has 0 bridgehead atoms. The fourth-order valence-electron chi connectivity index (χ4n) is 2.75. The Morgan fingerprint density at radius 3 is 2.54 bits per heavy atom. The average molecular weight is 354 g/mol. The number of carbonyl (C=O) groups is 2. The number of hydrogen-bond acceptors (Lipinski definition) is 4. The van der Waals surface area contributed by atoms with Gasteiger partial charge in [-0.05, 0) is 37.0 Å². The maximum Gasteiger partial charge on any atom is 0.303 e. The molecule has 132 valence electrons. The van der Waals surface area contributed by atoms with E-state index in [-0.39, 0.29) is 18.2 Å². The van der Waals surface area contributed by atoms with Crippen molar-refractivity contribution in [2.24, 2.45) is 5.92 Å². The zero-order chi connectivity index (χ0) is 17.7. The van der Waals surface area contributed by atoms with Gasteiger partial charge < -0.3 is 10.4 Å². The van der Waals surface area contributed by atoms with E-state index in [1.807, 2.05) is 6.07 Å². The summed E-state index contributed by atoms with van der Waals surface area (Å²) >= 11 is 0. The van der Waals surface area contributed by atoms with E-state index in [1.165, 1.54) is 10.6 Å². The summed E-state index contributed by atoms with van der Waals surface area (Å²) in [6.45, 7) is 0.713. The number of sulfonamides is 1. The molecule has 2 rings (SSSR count). The lowest BCUT2D eigenvalue weighted by molar-refractivity contribution is -0.137. The van der Waals surface area contributed by atoms with Gasteiger partial charge in [-0.2, -0.15) is 0 Å². The van der Waals surface area contributed by atoms with Crippen LogP contribution in [-0.4, -0.2) is 49.1 Å². The Bertz CT molecular complexity index is 709. The summed E-state index contributed by atoms with van der Waals surface area (Å²) in [6, 6.07) is 7.13. The highest BCUT2D eigenvalue weighted by atomic mass is 32.2. The van der Waals surface area contributed by atoms with Crippen LogP contribution in [0.2, 0.25) is 0 Å². The average Bonchev–Trinajstić information content (AvgIpc) is 2.52. The van der Waals surface area contributed by atoms with E-state index in [0.717, 1.165) is 5.56 Å². The Kier molecular flexibility index (Phi) is 5.95. The molecular weight excluding hydrogens is 332 g/mol. The molecule has 24 heavy (non-hydrogen) atoms. The van der Waals surface area contributed by atoms with E-state index >= 15 is 0 Å². The third-order valence-electron chi connectivity index (χ3n) is 4.12. The Labute approximate surface area is 141 Å². The molecule has 1 aromatic rings. The zero-order valence-corrected chi connectivity index (χ0v) is 14.4. The van der Waals surface area contributed by atoms with Crippen molar-refractivity contribution in [2.75, 3.05) is 24.7 Å². The molecule has 0 unspecified atom stereocenters. The maximum absolute atomic E-state index is 12.3. The second-order valence-corrected chi connectivity index (χ2v) is 8.00. The summed E-state index contributed by atoms with van der Waals surface area (Å²) in [5.41, 5.74) is 1.48. The second kappa shape index (κ2) is 7.76. The number of nitrogens with zero attached hydrogens (tertiary/aromatic N) is 1. The van der Waals surface area contributed by atoms with Gasteiger partial charge in [-0.25, -0.2) is 12.7 Å². The lowest BCUT2D eigenvalue weighted by Crippen LogP contribution is -2.40. The van der Waals surface area contributed by atoms with Crippen molar-refractivity contribution in [1.29, 1.82) is 0 Å². The van der Waals surface area contributed by atoms with E-state index in [4.69, 9.17) is 5.11 Å². The molecule has 0 aliphatic carbocycles. The predicted molar refractivity (Wildman–Crippen MR) is 90.2 cm³/mol. The molecule has 2 N–H and O–H groups in total. The van der Waals surface area contributed by atoms with Crippen LogP contribution in [0.1, 0.15) is 24.8 Å². The van der Waals surface area contributed by atoms with Gasteiger partial charge in [0.15, 0.2) is 0 Å². The molecule has 1 aliphatic rings. The summed E-state index contributed by atoms with van der Waals surface area (Å²) < 4.78 is 24.4. The molecule has 1 aromatic carbocycles. The quantitative estimate of drug-likeness (QED) is 0.802. The molecule has 8 heteroatoms. The Balaban J connectivity index is 1.91. The molecule has 1 aliphatic heterocycles. The number of carbonyl (C=O) groups excluding carboxylic acids is 1. The van der Waals surface area contributed by atoms with Gasteiger partial charge in [-0.15, -0.1) is 0 Å². The van der Waals surface area contributed by atoms with E-state index in [9.17, 15) is 18.0 Å². The number of carboxylic acid groups (broad SMARTS) is 1. The number of carboxylic acids is 1. The van der Waals surface area contributed by atoms with Gasteiger partial charge in [0.2, 0.25) is 15.9 Å². The molecule has 0 radical (unpaired) electrons. The van der Waals surface area contributed by atoms with Gasteiger partial charge in [-0.3, -0.25) is 9.59 Å². The normalized spacial score (nSPS) is 16.7. The number of aliphatic carboxylic acids is 1. The summed E-state index contributed by atoms with van der Waals surface area (Å²) in [4.78, 5) is 23.0. The van der Waals surface area contributed by atoms with Gasteiger partial charge in [0, 0.05) is 31.1 Å². The van der Waals surface area contributed by atoms with Crippen LogP contribution < -0.4 is 5.32 Å². The Morgan fingerprint density at radius 2 is 1.96 bits per heavy atom. The van der Waals surface area contributed by atoms with Crippen LogP contribution in [-0.2, 0) is 26.0 Å². The number of benzene rings is 1. The van der Waals surface area contributed by atoms with E-state index in [1.54, 1.807) is 18.2 Å². The number of hydrogen-bond donors (Lipinski definition) is 2. The van der Waals surface area contributed by atoms with Crippen molar-refractivity contribution in [3.05, 3.63) is 29.8 Å². The smallest absolute Gasteiger partial charge is 0.303 e. The molecule has 7 nitrogen and oxygen atoms in total. The minimum atomic E-state index is -3.20. The number of amides is 1. The minimum Gasteiger partial charge on any atom is -0.481 e. The molecular formula is C16H22N2O5S. The van der Waals surface area contributed by atoms with Crippen LogP contribution in [0.3, 0.4) is 0 Å². The van der Waals surface area contributed by atoms with Gasteiger partial charge in [0.05, 0.1) is 6.26 Å². The zero-order valence-electron chi connectivity index (χ0n) is 13.6. The van der Waals surface area contributed by atoms with Crippen LogP contribution in [0.25, 0.3) is 0 Å². The Morgan fingerprint density at radius 1 is 1.29 bits per heavy atom. The minimum absolute atomic E-state index is 0.0430. The van der Waals surface area contributed by atoms with Gasteiger partial charge in [-0.1, -0.05) is 12.1 Å². The lowest BCUT2D eigenvalue weighted by Gasteiger charge is -2.29. The summed E-state index contributed by atoms with van der Waals surface area (Å²) in [6.07, 6.45) is 2.62. The highest BCUT2D eigenvalue weighted by molar-refractivity contribution is 7.88. The number of rotatable bonds is 6. The topological polar surface area (TPSA) is 104 Å². The van der Waals surface area contributed by atoms with Crippen molar-refractivity contribution in [3.8, 4) is 0 Å². The number of nitrogens with one attached hydrogen (secondary N) is 1. The molecule has 1 heterocycles. The molecule has 0 saturated carbocycles. The fraction of sp³-hybridized carbons (Fsp3) is 0.500. The van der Waals surface area contributed by atoms with Crippen LogP contribution in [0, 0.1) is 5.92 Å². The van der Waals surface area contributed by atoms with Gasteiger partial charge in [0.25, 0.3) is 0 Å². The van der Waals surface area contributed by atoms with Crippen LogP contribution in [0.5, 0.6) is 0 Å². The number of piperidine rings is 1. The Hall–Kier alpha value is -1.93. The molecule has 1 fully saturated rings. The SMILES string of the molecule is CS(=O)(=O)N1CCC(C(=O)Nc2cccc(CCC(=O)O)c2)CC1. The first-order chi connectivity index (χ1) is 11.3. The van der Waals surface area contributed by atoms with Crippen molar-refractivity contribution < 1.29 is 23.1 Å². The molecule has 0 spiro atoms. The van der Waals surface area contributed by atoms with Crippen molar-refractivity contribution in [1.82, 2.24) is 4.31 Å². The van der Waals surface area contributed by atoms with Crippen LogP contribution >= 0.6 is 0 Å². The summed E-state index contributed by atoms with van der Waals surface area (Å²) in [5, 5.41) is 11.6. The second-order valence-electron chi connectivity index (χ2n) is 6.02. The number of anilines is 1. The standard InChI is InChI=1S/C16H22N2O5S/c1-24(22,23)18-9-7-13(8-10-18)16(21)17-14-4-2-3-12(11-14)5-6-15(19)20/h2-4,11,13H,5-10H2,1H3,(H,17,21)(H,19,20). The molecule has 1 saturated heterocycles. The first-order valence-corrected chi connectivity index (χ1v) is 9.67. The third-order valence-corrected chi connectivity index (χ3v) is 5.42. The van der Waals surface area contributed by atoms with E-state index < -0.39 is 16.0 Å². The van der Waals surface area contributed by atoms with Gasteiger partial charge in [0.1, 0.15) is 0 Å². The highest BCUT2D eigenvalue weighted by Crippen LogP contribution is 2.21. The molecule has 0 aromatic heterocycles. The van der Waals surface area contributed by atoms with Crippen molar-refractivity contribution >= 4 is 27.6 Å². The first-order valence-electron chi connectivity index (χ1n) is 7.82. The number of aryl methyl sites for hydroxylation is 1. The summed E-state index contributed by atoms with van der Waals surface area (Å²) in [5.74, 6) is -1.20.